The van der Waals surface area contributed by atoms with Gasteiger partial charge in [0, 0.05) is 16.0 Å². The van der Waals surface area contributed by atoms with Crippen molar-refractivity contribution in [1.29, 1.82) is 0 Å². The van der Waals surface area contributed by atoms with Gasteiger partial charge in [-0.3, -0.25) is 4.79 Å². The van der Waals surface area contributed by atoms with Gasteiger partial charge in [-0.1, -0.05) is 60.1 Å². The molecule has 6 nitrogen and oxygen atoms in total. The van der Waals surface area contributed by atoms with Crippen LogP contribution >= 0.6 is 22.9 Å². The first kappa shape index (κ1) is 24.7. The van der Waals surface area contributed by atoms with Gasteiger partial charge in [0.1, 0.15) is 5.69 Å². The fourth-order valence-electron chi connectivity index (χ4n) is 3.63. The maximum Gasteiger partial charge on any atom is 0.435 e. The van der Waals surface area contributed by atoms with Crippen molar-refractivity contribution in [3.05, 3.63) is 100 Å². The van der Waals surface area contributed by atoms with Crippen molar-refractivity contribution in [2.24, 2.45) is 5.10 Å². The van der Waals surface area contributed by atoms with Gasteiger partial charge in [-0.25, -0.2) is 15.1 Å². The van der Waals surface area contributed by atoms with Crippen LogP contribution in [0.5, 0.6) is 0 Å². The predicted molar refractivity (Wildman–Crippen MR) is 138 cm³/mol. The van der Waals surface area contributed by atoms with Crippen LogP contribution in [0, 0.1) is 0 Å². The van der Waals surface area contributed by atoms with Crippen molar-refractivity contribution in [2.45, 2.75) is 13.1 Å². The van der Waals surface area contributed by atoms with Crippen molar-refractivity contribution >= 4 is 45.3 Å². The molecular weight excluding hydrogens is 523 g/mol. The highest BCUT2D eigenvalue weighted by Gasteiger charge is 2.35. The van der Waals surface area contributed by atoms with E-state index in [1.165, 1.54) is 5.38 Å². The molecule has 0 saturated heterocycles. The summed E-state index contributed by atoms with van der Waals surface area (Å²) in [6, 6.07) is 20.8. The van der Waals surface area contributed by atoms with E-state index in [2.05, 4.69) is 20.6 Å². The molecule has 2 aromatic heterocycles. The van der Waals surface area contributed by atoms with Crippen molar-refractivity contribution in [1.82, 2.24) is 20.2 Å². The number of hydrazone groups is 1. The Hall–Kier alpha value is -4.02. The minimum Gasteiger partial charge on any atom is -0.266 e. The van der Waals surface area contributed by atoms with Crippen LogP contribution in [0.4, 0.5) is 13.2 Å². The topological polar surface area (TPSA) is 72.2 Å². The average molecular weight is 540 g/mol. The van der Waals surface area contributed by atoms with Gasteiger partial charge in [0.05, 0.1) is 11.4 Å². The quantitative estimate of drug-likeness (QED) is 0.193. The minimum absolute atomic E-state index is 0.00109. The summed E-state index contributed by atoms with van der Waals surface area (Å²) >= 11 is 6.89. The monoisotopic (exact) mass is 539 g/mol. The molecule has 2 heterocycles. The maximum absolute atomic E-state index is 13.6. The summed E-state index contributed by atoms with van der Waals surface area (Å²) in [6.45, 7) is 1.72. The second-order valence-electron chi connectivity index (χ2n) is 8.05. The van der Waals surface area contributed by atoms with Gasteiger partial charge in [-0.2, -0.15) is 23.4 Å². The van der Waals surface area contributed by atoms with Crippen LogP contribution in [0.15, 0.2) is 83.3 Å². The molecule has 0 unspecified atom stereocenters. The van der Waals surface area contributed by atoms with Gasteiger partial charge < -0.3 is 0 Å². The van der Waals surface area contributed by atoms with E-state index in [1.54, 1.807) is 43.3 Å². The summed E-state index contributed by atoms with van der Waals surface area (Å²) < 4.78 is 41.8. The Labute approximate surface area is 218 Å². The third-order valence-electron chi connectivity index (χ3n) is 5.54. The van der Waals surface area contributed by atoms with Crippen LogP contribution in [-0.4, -0.2) is 26.4 Å². The summed E-state index contributed by atoms with van der Waals surface area (Å²) in [5.74, 6) is -0.605. The van der Waals surface area contributed by atoms with Crippen molar-refractivity contribution in [3.8, 4) is 16.4 Å². The van der Waals surface area contributed by atoms with Crippen LogP contribution in [0.3, 0.4) is 0 Å². The van der Waals surface area contributed by atoms with E-state index in [0.717, 1.165) is 38.4 Å². The number of hydrogen-bond donors (Lipinski definition) is 1. The summed E-state index contributed by atoms with van der Waals surface area (Å²) in [6.07, 6.45) is -4.65. The van der Waals surface area contributed by atoms with Gasteiger partial charge in [0.25, 0.3) is 5.91 Å². The molecule has 1 amide bonds. The van der Waals surface area contributed by atoms with Crippen LogP contribution in [0.1, 0.15) is 28.7 Å². The lowest BCUT2D eigenvalue weighted by Gasteiger charge is -2.06. The molecule has 0 fully saturated rings. The molecule has 0 aliphatic heterocycles. The number of aromatic nitrogens is 3. The zero-order valence-corrected chi connectivity index (χ0v) is 20.7. The van der Waals surface area contributed by atoms with Crippen molar-refractivity contribution < 1.29 is 18.0 Å². The van der Waals surface area contributed by atoms with Crippen LogP contribution in [0.2, 0.25) is 5.02 Å². The SMILES string of the molecule is C/C(=N\NC(=O)c1csc(-n2nc(C(F)(F)F)cc2-c2ccc3ccccc3c2)n1)c1ccc(Cl)cc1. The van der Waals surface area contributed by atoms with Crippen molar-refractivity contribution in [3.63, 3.8) is 0 Å². The van der Waals surface area contributed by atoms with E-state index in [9.17, 15) is 18.0 Å². The zero-order chi connectivity index (χ0) is 26.2. The van der Waals surface area contributed by atoms with Crippen LogP contribution in [0.25, 0.3) is 27.2 Å². The number of nitrogens with zero attached hydrogens (tertiary/aromatic N) is 4. The Bertz CT molecular complexity index is 1640. The number of amides is 1. The second kappa shape index (κ2) is 9.79. The Kier molecular flexibility index (Phi) is 6.53. The lowest BCUT2D eigenvalue weighted by Crippen LogP contribution is -2.20. The van der Waals surface area contributed by atoms with Crippen LogP contribution < -0.4 is 5.43 Å². The van der Waals surface area contributed by atoms with Crippen molar-refractivity contribution in [2.75, 3.05) is 0 Å². The zero-order valence-electron chi connectivity index (χ0n) is 19.1. The highest BCUT2D eigenvalue weighted by molar-refractivity contribution is 7.12. The van der Waals surface area contributed by atoms with E-state index >= 15 is 0 Å². The first-order chi connectivity index (χ1) is 17.7. The molecule has 0 spiro atoms. The van der Waals surface area contributed by atoms with Gasteiger partial charge in [0.15, 0.2) is 5.69 Å². The number of rotatable bonds is 5. The fraction of sp³-hybridized carbons (Fsp3) is 0.0769. The predicted octanol–water partition coefficient (Wildman–Crippen LogP) is 6.98. The van der Waals surface area contributed by atoms with Gasteiger partial charge in [-0.05, 0) is 47.5 Å². The molecule has 1 N–H and O–H groups in total. The maximum atomic E-state index is 13.6. The number of nitrogens with one attached hydrogen (secondary N) is 1. The smallest absolute Gasteiger partial charge is 0.266 e. The van der Waals surface area contributed by atoms with Gasteiger partial charge >= 0.3 is 6.18 Å². The number of thiazole rings is 1. The molecule has 0 aliphatic rings. The number of hydrogen-bond acceptors (Lipinski definition) is 5. The summed E-state index contributed by atoms with van der Waals surface area (Å²) in [5.41, 5.74) is 3.41. The Morgan fingerprint density at radius 3 is 2.49 bits per heavy atom. The van der Waals surface area contributed by atoms with E-state index in [4.69, 9.17) is 11.6 Å². The number of benzene rings is 3. The summed E-state index contributed by atoms with van der Waals surface area (Å²) in [4.78, 5) is 16.9. The lowest BCUT2D eigenvalue weighted by atomic mass is 10.0. The molecule has 0 radical (unpaired) electrons. The summed E-state index contributed by atoms with van der Waals surface area (Å²) in [5, 5.41) is 11.8. The average Bonchev–Trinajstić information content (AvgIpc) is 3.55. The lowest BCUT2D eigenvalue weighted by molar-refractivity contribution is -0.141. The Balaban J connectivity index is 1.46. The normalized spacial score (nSPS) is 12.2. The number of halogens is 4. The molecule has 5 aromatic rings. The van der Waals surface area contributed by atoms with Crippen LogP contribution in [-0.2, 0) is 6.18 Å². The molecule has 0 aliphatic carbocycles. The number of carbonyl (C=O) groups excluding carboxylic acids is 1. The van der Waals surface area contributed by atoms with Gasteiger partial charge in [-0.15, -0.1) is 11.3 Å². The number of alkyl halides is 3. The first-order valence-corrected chi connectivity index (χ1v) is 12.2. The number of carbonyl (C=O) groups is 1. The third-order valence-corrected chi connectivity index (χ3v) is 6.61. The number of fused-ring (bicyclic) bond motifs is 1. The molecule has 0 atom stereocenters. The highest BCUT2D eigenvalue weighted by Crippen LogP contribution is 2.34. The molecule has 0 saturated carbocycles. The standard InChI is InChI=1S/C26H17ClF3N5OS/c1-15(16-8-10-20(27)11-9-16)32-33-24(36)21-14-37-25(31-21)35-22(13-23(34-35)26(28,29)30)19-7-6-17-4-2-3-5-18(17)12-19/h2-14H,1H3,(H,33,36)/b32-15+. The molecular formula is C26H17ClF3N5OS. The summed E-state index contributed by atoms with van der Waals surface area (Å²) in [7, 11) is 0. The molecule has 5 rings (SSSR count). The van der Waals surface area contributed by atoms with E-state index < -0.39 is 17.8 Å². The molecule has 3 aromatic carbocycles. The van der Waals surface area contributed by atoms with E-state index in [0.29, 0.717) is 16.3 Å². The molecule has 0 bridgehead atoms. The third kappa shape index (κ3) is 5.25. The Morgan fingerprint density at radius 2 is 1.76 bits per heavy atom. The molecule has 11 heteroatoms. The van der Waals surface area contributed by atoms with E-state index in [1.807, 2.05) is 30.3 Å². The van der Waals surface area contributed by atoms with Gasteiger partial charge in [0.2, 0.25) is 5.13 Å². The first-order valence-electron chi connectivity index (χ1n) is 10.9. The van der Waals surface area contributed by atoms with E-state index in [-0.39, 0.29) is 16.5 Å². The molecule has 186 valence electrons. The Morgan fingerprint density at radius 1 is 1.03 bits per heavy atom. The molecule has 37 heavy (non-hydrogen) atoms. The largest absolute Gasteiger partial charge is 0.435 e. The second-order valence-corrected chi connectivity index (χ2v) is 9.32. The fourth-order valence-corrected chi connectivity index (χ4v) is 4.53. The minimum atomic E-state index is -4.65. The highest BCUT2D eigenvalue weighted by atomic mass is 35.5.